The number of nitriles is 1. The lowest BCUT2D eigenvalue weighted by Gasteiger charge is -2.06. The number of carboxylic acid groups (broad SMARTS) is 1. The highest BCUT2D eigenvalue weighted by Crippen LogP contribution is 2.23. The van der Waals surface area contributed by atoms with Crippen LogP contribution in [0.2, 0.25) is 0 Å². The van der Waals surface area contributed by atoms with Crippen molar-refractivity contribution in [3.63, 3.8) is 0 Å². The maximum Gasteiger partial charge on any atom is 0.337 e. The number of hydrogen-bond acceptors (Lipinski definition) is 3. The maximum absolute atomic E-state index is 10.9. The SMILES string of the molecule is N#Cc1c(Br)ccc(CN)c1C(=O)O. The number of carbonyl (C=O) groups is 1. The predicted octanol–water partition coefficient (Wildman–Crippen LogP) is 1.48. The summed E-state index contributed by atoms with van der Waals surface area (Å²) >= 11 is 3.11. The van der Waals surface area contributed by atoms with Gasteiger partial charge in [-0.25, -0.2) is 4.79 Å². The third kappa shape index (κ3) is 1.76. The molecule has 1 aromatic rings. The van der Waals surface area contributed by atoms with Crippen molar-refractivity contribution in [1.82, 2.24) is 0 Å². The molecular weight excluding hydrogens is 248 g/mol. The first-order chi connectivity index (χ1) is 6.61. The Hall–Kier alpha value is -1.38. The molecule has 14 heavy (non-hydrogen) atoms. The molecule has 72 valence electrons. The summed E-state index contributed by atoms with van der Waals surface area (Å²) in [5, 5.41) is 17.7. The molecule has 1 rings (SSSR count). The Morgan fingerprint density at radius 2 is 2.29 bits per heavy atom. The van der Waals surface area contributed by atoms with Crippen molar-refractivity contribution >= 4 is 21.9 Å². The number of rotatable bonds is 2. The Bertz CT molecular complexity index is 424. The van der Waals surface area contributed by atoms with Gasteiger partial charge in [0, 0.05) is 11.0 Å². The van der Waals surface area contributed by atoms with Crippen LogP contribution < -0.4 is 5.73 Å². The highest BCUT2D eigenvalue weighted by molar-refractivity contribution is 9.10. The molecule has 0 radical (unpaired) electrons. The molecule has 0 aliphatic carbocycles. The summed E-state index contributed by atoms with van der Waals surface area (Å²) < 4.78 is 0.467. The van der Waals surface area contributed by atoms with E-state index in [1.165, 1.54) is 0 Å². The van der Waals surface area contributed by atoms with Gasteiger partial charge < -0.3 is 10.8 Å². The van der Waals surface area contributed by atoms with E-state index in [9.17, 15) is 4.79 Å². The normalized spacial score (nSPS) is 9.50. The third-order valence-electron chi connectivity index (χ3n) is 1.79. The monoisotopic (exact) mass is 254 g/mol. The average Bonchev–Trinajstić information content (AvgIpc) is 2.17. The van der Waals surface area contributed by atoms with Gasteiger partial charge in [-0.3, -0.25) is 0 Å². The Morgan fingerprint density at radius 1 is 1.64 bits per heavy atom. The second-order valence-corrected chi connectivity index (χ2v) is 3.43. The van der Waals surface area contributed by atoms with E-state index in [1.807, 2.05) is 6.07 Å². The van der Waals surface area contributed by atoms with Gasteiger partial charge in [0.2, 0.25) is 0 Å². The largest absolute Gasteiger partial charge is 0.478 e. The number of benzene rings is 1. The number of nitrogens with two attached hydrogens (primary N) is 1. The Balaban J connectivity index is 3.54. The minimum atomic E-state index is -1.14. The zero-order chi connectivity index (χ0) is 10.7. The molecule has 0 atom stereocenters. The van der Waals surface area contributed by atoms with Crippen LogP contribution in [0.25, 0.3) is 0 Å². The van der Waals surface area contributed by atoms with E-state index < -0.39 is 5.97 Å². The highest BCUT2D eigenvalue weighted by Gasteiger charge is 2.16. The van der Waals surface area contributed by atoms with E-state index in [0.717, 1.165) is 0 Å². The molecule has 3 N–H and O–H groups in total. The number of halogens is 1. The molecule has 0 amide bonds. The van der Waals surface area contributed by atoms with Gasteiger partial charge in [0.05, 0.1) is 11.1 Å². The molecule has 0 bridgehead atoms. The van der Waals surface area contributed by atoms with Crippen molar-refractivity contribution in [2.45, 2.75) is 6.54 Å². The van der Waals surface area contributed by atoms with E-state index >= 15 is 0 Å². The molecule has 5 heteroatoms. The van der Waals surface area contributed by atoms with Crippen molar-refractivity contribution in [1.29, 1.82) is 5.26 Å². The first-order valence-corrected chi connectivity index (χ1v) is 4.56. The van der Waals surface area contributed by atoms with Crippen molar-refractivity contribution in [2.75, 3.05) is 0 Å². The fourth-order valence-corrected chi connectivity index (χ4v) is 1.56. The Morgan fingerprint density at radius 3 is 2.71 bits per heavy atom. The third-order valence-corrected chi connectivity index (χ3v) is 2.45. The fraction of sp³-hybridized carbons (Fsp3) is 0.111. The Labute approximate surface area is 89.1 Å². The minimum absolute atomic E-state index is 0.0237. The standard InChI is InChI=1S/C9H7BrN2O2/c10-7-2-1-5(3-11)8(9(13)14)6(7)4-12/h1-2H,3,11H2,(H,13,14). The topological polar surface area (TPSA) is 87.1 Å². The molecule has 0 aliphatic rings. The lowest BCUT2D eigenvalue weighted by atomic mass is 10.0. The van der Waals surface area contributed by atoms with Gasteiger partial charge in [-0.05, 0) is 27.6 Å². The van der Waals surface area contributed by atoms with Crippen LogP contribution in [-0.2, 0) is 6.54 Å². The van der Waals surface area contributed by atoms with E-state index in [-0.39, 0.29) is 17.7 Å². The van der Waals surface area contributed by atoms with E-state index in [4.69, 9.17) is 16.1 Å². The molecule has 1 aromatic carbocycles. The molecule has 0 fully saturated rings. The average molecular weight is 255 g/mol. The summed E-state index contributed by atoms with van der Waals surface area (Å²) in [5.41, 5.74) is 5.92. The quantitative estimate of drug-likeness (QED) is 0.837. The molecule has 0 unspecified atom stereocenters. The second-order valence-electron chi connectivity index (χ2n) is 2.58. The van der Waals surface area contributed by atoms with Crippen LogP contribution >= 0.6 is 15.9 Å². The maximum atomic E-state index is 10.9. The van der Waals surface area contributed by atoms with Crippen molar-refractivity contribution in [2.24, 2.45) is 5.73 Å². The van der Waals surface area contributed by atoms with Crippen molar-refractivity contribution in [3.05, 3.63) is 33.3 Å². The van der Waals surface area contributed by atoms with Gasteiger partial charge in [0.15, 0.2) is 0 Å². The lowest BCUT2D eigenvalue weighted by molar-refractivity contribution is 0.0695. The van der Waals surface area contributed by atoms with Gasteiger partial charge in [0.1, 0.15) is 6.07 Å². The van der Waals surface area contributed by atoms with Crippen LogP contribution in [0.15, 0.2) is 16.6 Å². The molecule has 0 heterocycles. The zero-order valence-corrected chi connectivity index (χ0v) is 8.71. The molecule has 4 nitrogen and oxygen atoms in total. The van der Waals surface area contributed by atoms with Gasteiger partial charge in [-0.1, -0.05) is 6.07 Å². The number of aromatic carboxylic acids is 1. The van der Waals surface area contributed by atoms with E-state index in [1.54, 1.807) is 12.1 Å². The van der Waals surface area contributed by atoms with Crippen LogP contribution in [0.1, 0.15) is 21.5 Å². The van der Waals surface area contributed by atoms with Crippen LogP contribution in [-0.4, -0.2) is 11.1 Å². The summed E-state index contributed by atoms with van der Waals surface area (Å²) in [7, 11) is 0. The van der Waals surface area contributed by atoms with E-state index in [0.29, 0.717) is 10.0 Å². The smallest absolute Gasteiger partial charge is 0.337 e. The predicted molar refractivity (Wildman–Crippen MR) is 53.7 cm³/mol. The molecule has 0 aliphatic heterocycles. The van der Waals surface area contributed by atoms with E-state index in [2.05, 4.69) is 15.9 Å². The summed E-state index contributed by atoms with van der Waals surface area (Å²) in [6.45, 7) is 0.101. The number of carboxylic acids is 1. The first-order valence-electron chi connectivity index (χ1n) is 3.76. The number of hydrogen-bond donors (Lipinski definition) is 2. The lowest BCUT2D eigenvalue weighted by Crippen LogP contribution is -2.09. The van der Waals surface area contributed by atoms with Crippen molar-refractivity contribution in [3.8, 4) is 6.07 Å². The molecule has 0 saturated heterocycles. The van der Waals surface area contributed by atoms with Crippen molar-refractivity contribution < 1.29 is 9.90 Å². The van der Waals surface area contributed by atoms with Crippen LogP contribution in [0.4, 0.5) is 0 Å². The summed E-state index contributed by atoms with van der Waals surface area (Å²) in [4.78, 5) is 10.9. The van der Waals surface area contributed by atoms with Gasteiger partial charge >= 0.3 is 5.97 Å². The summed E-state index contributed by atoms with van der Waals surface area (Å²) in [6, 6.07) is 5.05. The molecule has 0 aromatic heterocycles. The molecule has 0 spiro atoms. The number of nitrogens with zero attached hydrogens (tertiary/aromatic N) is 1. The van der Waals surface area contributed by atoms with Crippen LogP contribution in [0, 0.1) is 11.3 Å². The van der Waals surface area contributed by atoms with Crippen LogP contribution in [0.5, 0.6) is 0 Å². The second kappa shape index (κ2) is 4.22. The molecule has 0 saturated carbocycles. The van der Waals surface area contributed by atoms with Gasteiger partial charge in [-0.2, -0.15) is 5.26 Å². The molecular formula is C9H7BrN2O2. The van der Waals surface area contributed by atoms with Gasteiger partial charge in [-0.15, -0.1) is 0 Å². The summed E-state index contributed by atoms with van der Waals surface area (Å²) in [6.07, 6.45) is 0. The van der Waals surface area contributed by atoms with Crippen LogP contribution in [0.3, 0.4) is 0 Å². The minimum Gasteiger partial charge on any atom is -0.478 e. The Kier molecular flexibility index (Phi) is 3.23. The first kappa shape index (κ1) is 10.7. The zero-order valence-electron chi connectivity index (χ0n) is 7.12. The highest BCUT2D eigenvalue weighted by atomic mass is 79.9. The van der Waals surface area contributed by atoms with Gasteiger partial charge in [0.25, 0.3) is 0 Å². The fourth-order valence-electron chi connectivity index (χ4n) is 1.14. The summed E-state index contributed by atoms with van der Waals surface area (Å²) in [5.74, 6) is -1.14.